The molecule has 132 valence electrons. The van der Waals surface area contributed by atoms with E-state index in [0.717, 1.165) is 0 Å². The number of sulfonamides is 1. The van der Waals surface area contributed by atoms with Gasteiger partial charge in [0.25, 0.3) is 0 Å². The summed E-state index contributed by atoms with van der Waals surface area (Å²) in [6.45, 7) is 5.65. The largest absolute Gasteiger partial charge is 0.478 e. The third-order valence-electron chi connectivity index (χ3n) is 4.09. The number of aryl methyl sites for hydroxylation is 1. The van der Waals surface area contributed by atoms with Crippen molar-refractivity contribution in [2.75, 3.05) is 17.6 Å². The van der Waals surface area contributed by atoms with Gasteiger partial charge in [0, 0.05) is 12.2 Å². The molecule has 1 aromatic carbocycles. The third-order valence-corrected chi connectivity index (χ3v) is 6.02. The molecule has 0 saturated carbocycles. The van der Waals surface area contributed by atoms with Crippen molar-refractivity contribution >= 4 is 27.6 Å². The van der Waals surface area contributed by atoms with Gasteiger partial charge in [-0.3, -0.25) is 4.79 Å². The molecule has 0 spiro atoms. The maximum absolute atomic E-state index is 12.7. The monoisotopic (exact) mass is 354 g/mol. The Balaban J connectivity index is 2.29. The van der Waals surface area contributed by atoms with Crippen LogP contribution in [0.1, 0.15) is 36.2 Å². The number of carboxylic acids is 1. The van der Waals surface area contributed by atoms with Crippen LogP contribution in [0.3, 0.4) is 0 Å². The second-order valence-corrected chi connectivity index (χ2v) is 8.33. The van der Waals surface area contributed by atoms with Crippen LogP contribution >= 0.6 is 0 Å². The lowest BCUT2D eigenvalue weighted by atomic mass is 10.0. The Kier molecular flexibility index (Phi) is 5.29. The van der Waals surface area contributed by atoms with Crippen LogP contribution in [0.5, 0.6) is 0 Å². The molecule has 1 aliphatic heterocycles. The van der Waals surface area contributed by atoms with Gasteiger partial charge in [-0.05, 0) is 37.0 Å². The van der Waals surface area contributed by atoms with Gasteiger partial charge in [0.2, 0.25) is 15.9 Å². The van der Waals surface area contributed by atoms with Gasteiger partial charge in [-0.1, -0.05) is 19.9 Å². The van der Waals surface area contributed by atoms with Crippen molar-refractivity contribution in [2.45, 2.75) is 33.2 Å². The van der Waals surface area contributed by atoms with E-state index in [9.17, 15) is 18.0 Å². The Morgan fingerprint density at radius 1 is 1.29 bits per heavy atom. The SMILES string of the molecule is Cc1ccc(C(=O)O)cc1NC(=O)C(C(C)C)N1CCCS1(=O)=O. The summed E-state index contributed by atoms with van der Waals surface area (Å²) in [6, 6.07) is 3.63. The molecule has 1 amide bonds. The standard InChI is InChI=1S/C16H22N2O5S/c1-10(2)14(18-7-4-8-24(18,22)23)15(19)17-13-9-12(16(20)21)6-5-11(13)3/h5-6,9-10,14H,4,7-8H2,1-3H3,(H,17,19)(H,20,21). The first-order chi connectivity index (χ1) is 11.1. The summed E-state index contributed by atoms with van der Waals surface area (Å²) in [5.74, 6) is -1.69. The van der Waals surface area contributed by atoms with E-state index in [1.165, 1.54) is 16.4 Å². The van der Waals surface area contributed by atoms with Crippen LogP contribution in [0.2, 0.25) is 0 Å². The molecule has 0 aromatic heterocycles. The Bertz CT molecular complexity index is 758. The number of carbonyl (C=O) groups excluding carboxylic acids is 1. The first-order valence-electron chi connectivity index (χ1n) is 7.78. The smallest absolute Gasteiger partial charge is 0.335 e. The highest BCUT2D eigenvalue weighted by atomic mass is 32.2. The predicted molar refractivity (Wildman–Crippen MR) is 90.5 cm³/mol. The van der Waals surface area contributed by atoms with Crippen LogP contribution in [0, 0.1) is 12.8 Å². The summed E-state index contributed by atoms with van der Waals surface area (Å²) < 4.78 is 25.5. The van der Waals surface area contributed by atoms with Crippen molar-refractivity contribution in [3.05, 3.63) is 29.3 Å². The van der Waals surface area contributed by atoms with Crippen molar-refractivity contribution in [3.8, 4) is 0 Å². The zero-order valence-electron chi connectivity index (χ0n) is 13.9. The summed E-state index contributed by atoms with van der Waals surface area (Å²) in [6.07, 6.45) is 0.506. The number of anilines is 1. The molecule has 1 unspecified atom stereocenters. The molecule has 1 aromatic rings. The minimum absolute atomic E-state index is 0.0526. The molecular weight excluding hydrogens is 332 g/mol. The zero-order chi connectivity index (χ0) is 18.1. The maximum Gasteiger partial charge on any atom is 0.335 e. The lowest BCUT2D eigenvalue weighted by Gasteiger charge is -2.28. The van der Waals surface area contributed by atoms with Crippen molar-refractivity contribution in [1.82, 2.24) is 4.31 Å². The second kappa shape index (κ2) is 6.90. The summed E-state index contributed by atoms with van der Waals surface area (Å²) in [7, 11) is -3.42. The van der Waals surface area contributed by atoms with Crippen molar-refractivity contribution in [1.29, 1.82) is 0 Å². The van der Waals surface area contributed by atoms with Gasteiger partial charge in [0.15, 0.2) is 0 Å². The number of hydrogen-bond donors (Lipinski definition) is 2. The molecule has 0 aliphatic carbocycles. The molecule has 1 aliphatic rings. The van der Waals surface area contributed by atoms with E-state index in [4.69, 9.17) is 5.11 Å². The molecule has 1 saturated heterocycles. The van der Waals surface area contributed by atoms with Crippen LogP contribution in [0.15, 0.2) is 18.2 Å². The van der Waals surface area contributed by atoms with E-state index < -0.39 is 27.9 Å². The van der Waals surface area contributed by atoms with Gasteiger partial charge in [-0.25, -0.2) is 13.2 Å². The van der Waals surface area contributed by atoms with Gasteiger partial charge < -0.3 is 10.4 Å². The molecule has 7 nitrogen and oxygen atoms in total. The third kappa shape index (κ3) is 3.76. The molecule has 1 atom stereocenters. The van der Waals surface area contributed by atoms with E-state index in [0.29, 0.717) is 24.2 Å². The molecule has 1 fully saturated rings. The molecule has 2 rings (SSSR count). The number of benzene rings is 1. The van der Waals surface area contributed by atoms with Crippen molar-refractivity contribution in [3.63, 3.8) is 0 Å². The summed E-state index contributed by atoms with van der Waals surface area (Å²) >= 11 is 0. The topological polar surface area (TPSA) is 104 Å². The second-order valence-electron chi connectivity index (χ2n) is 6.29. The molecular formula is C16H22N2O5S. The Morgan fingerprint density at radius 2 is 1.96 bits per heavy atom. The average Bonchev–Trinajstić information content (AvgIpc) is 2.80. The lowest BCUT2D eigenvalue weighted by Crippen LogP contribution is -2.48. The first-order valence-corrected chi connectivity index (χ1v) is 9.38. The zero-order valence-corrected chi connectivity index (χ0v) is 14.8. The lowest BCUT2D eigenvalue weighted by molar-refractivity contribution is -0.120. The minimum atomic E-state index is -3.42. The number of aromatic carboxylic acids is 1. The van der Waals surface area contributed by atoms with Crippen LogP contribution in [0.4, 0.5) is 5.69 Å². The molecule has 24 heavy (non-hydrogen) atoms. The number of hydrogen-bond acceptors (Lipinski definition) is 4. The number of amides is 1. The summed E-state index contributed by atoms with van der Waals surface area (Å²) in [4.78, 5) is 23.8. The van der Waals surface area contributed by atoms with E-state index in [-0.39, 0.29) is 17.2 Å². The molecule has 0 bridgehead atoms. The molecule has 1 heterocycles. The Labute approximate surface area is 141 Å². The van der Waals surface area contributed by atoms with Crippen LogP contribution in [0.25, 0.3) is 0 Å². The minimum Gasteiger partial charge on any atom is -0.478 e. The first kappa shape index (κ1) is 18.4. The Morgan fingerprint density at radius 3 is 2.46 bits per heavy atom. The van der Waals surface area contributed by atoms with Crippen LogP contribution < -0.4 is 5.32 Å². The van der Waals surface area contributed by atoms with Crippen molar-refractivity contribution < 1.29 is 23.1 Å². The number of rotatable bonds is 5. The summed E-state index contributed by atoms with van der Waals surface area (Å²) in [5, 5.41) is 11.8. The quantitative estimate of drug-likeness (QED) is 0.837. The predicted octanol–water partition coefficient (Wildman–Crippen LogP) is 1.69. The molecule has 2 N–H and O–H groups in total. The molecule has 0 radical (unpaired) electrons. The highest BCUT2D eigenvalue weighted by Crippen LogP contribution is 2.24. The van der Waals surface area contributed by atoms with Gasteiger partial charge in [0.05, 0.1) is 11.3 Å². The fourth-order valence-electron chi connectivity index (χ4n) is 2.83. The maximum atomic E-state index is 12.7. The van der Waals surface area contributed by atoms with Gasteiger partial charge >= 0.3 is 5.97 Å². The molecule has 8 heteroatoms. The van der Waals surface area contributed by atoms with E-state index in [1.54, 1.807) is 26.8 Å². The van der Waals surface area contributed by atoms with E-state index in [2.05, 4.69) is 5.32 Å². The van der Waals surface area contributed by atoms with Crippen molar-refractivity contribution in [2.24, 2.45) is 5.92 Å². The number of nitrogens with zero attached hydrogens (tertiary/aromatic N) is 1. The number of carboxylic acid groups (broad SMARTS) is 1. The van der Waals surface area contributed by atoms with E-state index in [1.807, 2.05) is 0 Å². The fourth-order valence-corrected chi connectivity index (χ4v) is 4.65. The van der Waals surface area contributed by atoms with Crippen LogP contribution in [-0.2, 0) is 14.8 Å². The fraction of sp³-hybridized carbons (Fsp3) is 0.500. The van der Waals surface area contributed by atoms with E-state index >= 15 is 0 Å². The summed E-state index contributed by atoms with van der Waals surface area (Å²) in [5.41, 5.74) is 1.15. The highest BCUT2D eigenvalue weighted by Gasteiger charge is 2.40. The Hall–Kier alpha value is -1.93. The number of carbonyl (C=O) groups is 2. The van der Waals surface area contributed by atoms with Crippen LogP contribution in [-0.4, -0.2) is 48.0 Å². The van der Waals surface area contributed by atoms with Gasteiger partial charge in [-0.15, -0.1) is 0 Å². The normalized spacial score (nSPS) is 18.5. The highest BCUT2D eigenvalue weighted by molar-refractivity contribution is 7.89. The van der Waals surface area contributed by atoms with Gasteiger partial charge in [-0.2, -0.15) is 4.31 Å². The average molecular weight is 354 g/mol. The van der Waals surface area contributed by atoms with Gasteiger partial charge in [0.1, 0.15) is 6.04 Å². The number of nitrogens with one attached hydrogen (secondary N) is 1.